The second kappa shape index (κ2) is 5.49. The second-order valence-electron chi connectivity index (χ2n) is 5.97. The number of urea groups is 1. The van der Waals surface area contributed by atoms with Crippen LogP contribution >= 0.6 is 0 Å². The Hall–Kier alpha value is -1.28. The Morgan fingerprint density at radius 2 is 1.95 bits per heavy atom. The molecule has 118 valence electrons. The van der Waals surface area contributed by atoms with E-state index >= 15 is 0 Å². The van der Waals surface area contributed by atoms with E-state index in [1.807, 2.05) is 13.8 Å². The maximum absolute atomic E-state index is 12.8. The molecular formula is C13H22N3O4S+. The van der Waals surface area contributed by atoms with Gasteiger partial charge in [0, 0.05) is 12.6 Å². The molecule has 2 unspecified atom stereocenters. The van der Waals surface area contributed by atoms with Gasteiger partial charge in [-0.3, -0.25) is 0 Å². The number of imide groups is 1. The van der Waals surface area contributed by atoms with E-state index in [1.165, 1.54) is 24.6 Å². The normalized spacial score (nSPS) is 28.4. The molecule has 2 heterocycles. The van der Waals surface area contributed by atoms with Crippen LogP contribution in [0.25, 0.3) is 0 Å². The average Bonchev–Trinajstić information content (AvgIpc) is 2.90. The van der Waals surface area contributed by atoms with Crippen molar-refractivity contribution in [1.29, 1.82) is 0 Å². The summed E-state index contributed by atoms with van der Waals surface area (Å²) in [4.78, 5) is 24.8. The van der Waals surface area contributed by atoms with Crippen molar-refractivity contribution in [3.8, 4) is 0 Å². The SMILES string of the molecule is CC(C)C1CCCN1S(=O)(=O)C1C=[N+](C)C(=O)N(C)C1=O. The summed E-state index contributed by atoms with van der Waals surface area (Å²) in [6.07, 6.45) is 2.81. The fourth-order valence-electron chi connectivity index (χ4n) is 2.95. The molecule has 2 rings (SSSR count). The van der Waals surface area contributed by atoms with Crippen LogP contribution in [0, 0.1) is 5.92 Å². The van der Waals surface area contributed by atoms with Crippen LogP contribution in [0.1, 0.15) is 26.7 Å². The standard InChI is InChI=1S/C13H22N3O4S/c1-9(2)10-6-5-7-16(10)21(19,20)11-8-14(3)13(18)15(4)12(11)17/h8-11H,5-7H2,1-4H3/q+1. The van der Waals surface area contributed by atoms with Crippen LogP contribution in [0.4, 0.5) is 4.79 Å². The van der Waals surface area contributed by atoms with Crippen molar-refractivity contribution in [3.63, 3.8) is 0 Å². The Balaban J connectivity index is 2.40. The lowest BCUT2D eigenvalue weighted by molar-refractivity contribution is -0.399. The fourth-order valence-corrected chi connectivity index (χ4v) is 5.10. The molecule has 0 aromatic heterocycles. The summed E-state index contributed by atoms with van der Waals surface area (Å²) >= 11 is 0. The third kappa shape index (κ3) is 2.62. The molecule has 3 amide bonds. The highest BCUT2D eigenvalue weighted by atomic mass is 32.2. The van der Waals surface area contributed by atoms with Crippen LogP contribution in [0.3, 0.4) is 0 Å². The van der Waals surface area contributed by atoms with Crippen molar-refractivity contribution in [2.75, 3.05) is 20.6 Å². The summed E-state index contributed by atoms with van der Waals surface area (Å²) in [5.74, 6) is -0.495. The lowest BCUT2D eigenvalue weighted by atomic mass is 10.0. The van der Waals surface area contributed by atoms with Gasteiger partial charge in [0.15, 0.2) is 0 Å². The third-order valence-electron chi connectivity index (χ3n) is 4.19. The summed E-state index contributed by atoms with van der Waals surface area (Å²) in [5.41, 5.74) is 0. The highest BCUT2D eigenvalue weighted by Gasteiger charge is 2.50. The van der Waals surface area contributed by atoms with E-state index < -0.39 is 27.2 Å². The molecule has 2 atom stereocenters. The van der Waals surface area contributed by atoms with Crippen molar-refractivity contribution < 1.29 is 22.6 Å². The smallest absolute Gasteiger partial charge is 0.245 e. The van der Waals surface area contributed by atoms with E-state index in [0.717, 1.165) is 22.3 Å². The highest BCUT2D eigenvalue weighted by molar-refractivity contribution is 7.91. The average molecular weight is 316 g/mol. The predicted octanol–water partition coefficient (Wildman–Crippen LogP) is 0.110. The first-order valence-corrected chi connectivity index (χ1v) is 8.58. The molecule has 1 saturated heterocycles. The summed E-state index contributed by atoms with van der Waals surface area (Å²) < 4.78 is 28.2. The number of carbonyl (C=O) groups is 2. The number of rotatable bonds is 3. The molecule has 21 heavy (non-hydrogen) atoms. The van der Waals surface area contributed by atoms with Gasteiger partial charge in [-0.1, -0.05) is 13.8 Å². The van der Waals surface area contributed by atoms with Gasteiger partial charge in [-0.15, -0.1) is 0 Å². The van der Waals surface area contributed by atoms with Crippen LogP contribution in [0.2, 0.25) is 0 Å². The summed E-state index contributed by atoms with van der Waals surface area (Å²) in [5, 5.41) is -1.32. The zero-order valence-corrected chi connectivity index (χ0v) is 13.6. The molecule has 0 spiro atoms. The van der Waals surface area contributed by atoms with Gasteiger partial charge in [-0.05, 0) is 18.8 Å². The maximum Gasteiger partial charge on any atom is 0.500 e. The molecule has 0 N–H and O–H groups in total. The van der Waals surface area contributed by atoms with Gasteiger partial charge in [0.1, 0.15) is 6.21 Å². The first kappa shape index (κ1) is 16.1. The number of carbonyl (C=O) groups excluding carboxylic acids is 2. The number of hydrogen-bond acceptors (Lipinski definition) is 4. The topological polar surface area (TPSA) is 77.8 Å². The summed E-state index contributed by atoms with van der Waals surface area (Å²) in [6.45, 7) is 4.39. The molecular weight excluding hydrogens is 294 g/mol. The van der Waals surface area contributed by atoms with Crippen LogP contribution in [-0.4, -0.2) is 72.3 Å². The Morgan fingerprint density at radius 3 is 2.52 bits per heavy atom. The predicted molar refractivity (Wildman–Crippen MR) is 77.7 cm³/mol. The molecule has 2 aliphatic heterocycles. The number of amides is 3. The molecule has 0 radical (unpaired) electrons. The van der Waals surface area contributed by atoms with E-state index in [4.69, 9.17) is 0 Å². The molecule has 2 aliphatic rings. The zero-order valence-electron chi connectivity index (χ0n) is 12.8. The molecule has 0 aromatic carbocycles. The van der Waals surface area contributed by atoms with Crippen molar-refractivity contribution in [2.45, 2.75) is 38.0 Å². The van der Waals surface area contributed by atoms with Gasteiger partial charge in [-0.25, -0.2) is 17.8 Å². The van der Waals surface area contributed by atoms with E-state index in [1.54, 1.807) is 0 Å². The Morgan fingerprint density at radius 1 is 1.33 bits per heavy atom. The third-order valence-corrected chi connectivity index (χ3v) is 6.26. The monoisotopic (exact) mass is 316 g/mol. The van der Waals surface area contributed by atoms with Gasteiger partial charge in [0.2, 0.25) is 15.3 Å². The van der Waals surface area contributed by atoms with Gasteiger partial charge < -0.3 is 0 Å². The van der Waals surface area contributed by atoms with Crippen LogP contribution in [0.15, 0.2) is 0 Å². The Labute approximate surface area is 125 Å². The number of hydrogen-bond donors (Lipinski definition) is 0. The first-order chi connectivity index (χ1) is 9.67. The van der Waals surface area contributed by atoms with E-state index in [0.29, 0.717) is 6.54 Å². The molecule has 8 heteroatoms. The van der Waals surface area contributed by atoms with Crippen LogP contribution < -0.4 is 0 Å². The van der Waals surface area contributed by atoms with Crippen molar-refractivity contribution in [3.05, 3.63) is 0 Å². The molecule has 0 saturated carbocycles. The van der Waals surface area contributed by atoms with Gasteiger partial charge in [-0.2, -0.15) is 14.0 Å². The quantitative estimate of drug-likeness (QED) is 0.692. The minimum absolute atomic E-state index is 0.0792. The van der Waals surface area contributed by atoms with Crippen LogP contribution in [-0.2, 0) is 14.8 Å². The van der Waals surface area contributed by atoms with Crippen molar-refractivity contribution in [2.24, 2.45) is 5.92 Å². The minimum Gasteiger partial charge on any atom is -0.245 e. The molecule has 0 aliphatic carbocycles. The van der Waals surface area contributed by atoms with Gasteiger partial charge in [0.05, 0.1) is 14.1 Å². The lowest BCUT2D eigenvalue weighted by Gasteiger charge is -2.30. The summed E-state index contributed by atoms with van der Waals surface area (Å²) in [7, 11) is -1.04. The molecule has 0 aromatic rings. The van der Waals surface area contributed by atoms with Gasteiger partial charge in [0.25, 0.3) is 0 Å². The molecule has 1 fully saturated rings. The molecule has 7 nitrogen and oxygen atoms in total. The first-order valence-electron chi connectivity index (χ1n) is 7.08. The zero-order chi connectivity index (χ0) is 15.9. The maximum atomic E-state index is 12.8. The van der Waals surface area contributed by atoms with Gasteiger partial charge >= 0.3 is 11.9 Å². The van der Waals surface area contributed by atoms with Crippen molar-refractivity contribution >= 4 is 28.2 Å². The largest absolute Gasteiger partial charge is 0.500 e. The van der Waals surface area contributed by atoms with E-state index in [2.05, 4.69) is 0 Å². The van der Waals surface area contributed by atoms with Crippen LogP contribution in [0.5, 0.6) is 0 Å². The summed E-state index contributed by atoms with van der Waals surface area (Å²) in [6, 6.07) is -0.599. The number of sulfonamides is 1. The minimum atomic E-state index is -3.80. The highest BCUT2D eigenvalue weighted by Crippen LogP contribution is 2.29. The molecule has 0 bridgehead atoms. The van der Waals surface area contributed by atoms with E-state index in [9.17, 15) is 18.0 Å². The number of nitrogens with zero attached hydrogens (tertiary/aromatic N) is 3. The van der Waals surface area contributed by atoms with E-state index in [-0.39, 0.29) is 12.0 Å². The second-order valence-corrected chi connectivity index (χ2v) is 7.98. The fraction of sp³-hybridized carbons (Fsp3) is 0.769. The Kier molecular flexibility index (Phi) is 4.21. The van der Waals surface area contributed by atoms with Crippen molar-refractivity contribution in [1.82, 2.24) is 9.21 Å². The Bertz CT molecular complexity index is 597. The lowest BCUT2D eigenvalue weighted by Crippen LogP contribution is -2.57.